The molecule has 0 aromatic rings. The minimum Gasteiger partial charge on any atom is -0.448 e. The maximum absolute atomic E-state index is 12.0. The third-order valence-electron chi connectivity index (χ3n) is 3.34. The first kappa shape index (κ1) is 12.2. The lowest BCUT2D eigenvalue weighted by Gasteiger charge is -2.34. The molecule has 2 heterocycles. The summed E-state index contributed by atoms with van der Waals surface area (Å²) in [5.41, 5.74) is 0. The summed E-state index contributed by atoms with van der Waals surface area (Å²) in [5.74, 6) is 0.0274. The van der Waals surface area contributed by atoms with E-state index < -0.39 is 0 Å². The van der Waals surface area contributed by atoms with Gasteiger partial charge in [-0.3, -0.25) is 9.69 Å². The quantitative estimate of drug-likeness (QED) is 0.675. The zero-order chi connectivity index (χ0) is 12.3. The summed E-state index contributed by atoms with van der Waals surface area (Å²) in [6.45, 7) is 7.60. The van der Waals surface area contributed by atoms with E-state index in [2.05, 4.69) is 11.8 Å². The maximum atomic E-state index is 12.0. The van der Waals surface area contributed by atoms with Crippen LogP contribution >= 0.6 is 0 Å². The number of piperazine rings is 1. The zero-order valence-electron chi connectivity index (χ0n) is 10.2. The molecular weight excluding hydrogens is 222 g/mol. The molecule has 2 aliphatic rings. The molecule has 0 unspecified atom stereocenters. The zero-order valence-corrected chi connectivity index (χ0v) is 10.2. The van der Waals surface area contributed by atoms with Gasteiger partial charge in [-0.1, -0.05) is 6.92 Å². The van der Waals surface area contributed by atoms with E-state index in [1.807, 2.05) is 4.90 Å². The molecule has 96 valence electrons. The summed E-state index contributed by atoms with van der Waals surface area (Å²) in [5, 5.41) is 0. The molecule has 2 fully saturated rings. The normalized spacial score (nSPS) is 21.8. The van der Waals surface area contributed by atoms with Gasteiger partial charge in [-0.15, -0.1) is 0 Å². The third kappa shape index (κ3) is 2.88. The van der Waals surface area contributed by atoms with Crippen LogP contribution in [-0.2, 0) is 9.53 Å². The van der Waals surface area contributed by atoms with Gasteiger partial charge in [0.05, 0.1) is 6.54 Å². The van der Waals surface area contributed by atoms with Gasteiger partial charge in [0.2, 0.25) is 5.91 Å². The summed E-state index contributed by atoms with van der Waals surface area (Å²) in [4.78, 5) is 28.8. The van der Waals surface area contributed by atoms with Gasteiger partial charge in [-0.05, 0) is 6.54 Å². The Balaban J connectivity index is 1.78. The van der Waals surface area contributed by atoms with Crippen LogP contribution in [0.4, 0.5) is 4.79 Å². The number of carbonyl (C=O) groups is 2. The molecule has 0 aliphatic carbocycles. The highest BCUT2D eigenvalue weighted by Crippen LogP contribution is 2.06. The molecule has 2 saturated heterocycles. The number of cyclic esters (lactones) is 1. The second-order valence-corrected chi connectivity index (χ2v) is 4.35. The highest BCUT2D eigenvalue weighted by atomic mass is 16.6. The number of hydrogen-bond acceptors (Lipinski definition) is 4. The molecule has 6 nitrogen and oxygen atoms in total. The van der Waals surface area contributed by atoms with Crippen molar-refractivity contribution in [1.82, 2.24) is 14.7 Å². The molecule has 2 rings (SSSR count). The number of likely N-dealkylation sites (N-methyl/N-ethyl adjacent to an activating group) is 1. The Morgan fingerprint density at radius 2 is 1.94 bits per heavy atom. The molecule has 0 atom stereocenters. The van der Waals surface area contributed by atoms with Crippen molar-refractivity contribution in [1.29, 1.82) is 0 Å². The van der Waals surface area contributed by atoms with Crippen molar-refractivity contribution in [3.63, 3.8) is 0 Å². The van der Waals surface area contributed by atoms with E-state index >= 15 is 0 Å². The molecule has 0 aromatic heterocycles. The smallest absolute Gasteiger partial charge is 0.410 e. The number of rotatable bonds is 3. The minimum absolute atomic E-state index is 0.0274. The lowest BCUT2D eigenvalue weighted by atomic mass is 10.3. The van der Waals surface area contributed by atoms with E-state index in [0.29, 0.717) is 13.2 Å². The Kier molecular flexibility index (Phi) is 3.83. The standard InChI is InChI=1S/C11H19N3O3/c1-2-12-3-5-13(6-4-12)10(15)9-14-7-8-17-11(14)16/h2-9H2,1H3. The average Bonchev–Trinajstić information content (AvgIpc) is 2.75. The van der Waals surface area contributed by atoms with Gasteiger partial charge < -0.3 is 14.5 Å². The Bertz CT molecular complexity index is 300. The molecule has 0 radical (unpaired) electrons. The summed E-state index contributed by atoms with van der Waals surface area (Å²) >= 11 is 0. The topological polar surface area (TPSA) is 53.1 Å². The number of ether oxygens (including phenoxy) is 1. The van der Waals surface area contributed by atoms with Gasteiger partial charge in [0, 0.05) is 26.2 Å². The Morgan fingerprint density at radius 1 is 1.24 bits per heavy atom. The summed E-state index contributed by atoms with van der Waals surface area (Å²) in [7, 11) is 0. The third-order valence-corrected chi connectivity index (χ3v) is 3.34. The summed E-state index contributed by atoms with van der Waals surface area (Å²) in [6.07, 6.45) is -0.370. The van der Waals surface area contributed by atoms with Crippen LogP contribution in [-0.4, -0.2) is 79.1 Å². The fraction of sp³-hybridized carbons (Fsp3) is 0.818. The van der Waals surface area contributed by atoms with Crippen molar-refractivity contribution in [2.24, 2.45) is 0 Å². The molecule has 2 amide bonds. The first-order valence-corrected chi connectivity index (χ1v) is 6.12. The number of amides is 2. The fourth-order valence-corrected chi connectivity index (χ4v) is 2.15. The van der Waals surface area contributed by atoms with Gasteiger partial charge >= 0.3 is 6.09 Å². The Hall–Kier alpha value is -1.30. The molecule has 0 aromatic carbocycles. The van der Waals surface area contributed by atoms with Crippen LogP contribution in [0, 0.1) is 0 Å². The average molecular weight is 241 g/mol. The van der Waals surface area contributed by atoms with Crippen molar-refractivity contribution in [2.45, 2.75) is 6.92 Å². The maximum Gasteiger partial charge on any atom is 0.410 e. The molecular formula is C11H19N3O3. The van der Waals surface area contributed by atoms with Crippen molar-refractivity contribution in [3.05, 3.63) is 0 Å². The first-order chi connectivity index (χ1) is 8.20. The molecule has 0 bridgehead atoms. The number of nitrogens with zero attached hydrogens (tertiary/aromatic N) is 3. The van der Waals surface area contributed by atoms with Crippen LogP contribution in [0.2, 0.25) is 0 Å². The molecule has 0 spiro atoms. The molecule has 6 heteroatoms. The van der Waals surface area contributed by atoms with Crippen LogP contribution in [0.1, 0.15) is 6.92 Å². The van der Waals surface area contributed by atoms with E-state index in [1.165, 1.54) is 4.90 Å². The van der Waals surface area contributed by atoms with Crippen molar-refractivity contribution >= 4 is 12.0 Å². The SMILES string of the molecule is CCN1CCN(C(=O)CN2CCOC2=O)CC1. The van der Waals surface area contributed by atoms with Gasteiger partial charge in [0.15, 0.2) is 0 Å². The van der Waals surface area contributed by atoms with E-state index in [1.54, 1.807) is 0 Å². The van der Waals surface area contributed by atoms with Gasteiger partial charge in [-0.2, -0.15) is 0 Å². The number of hydrogen-bond donors (Lipinski definition) is 0. The van der Waals surface area contributed by atoms with Crippen LogP contribution in [0.25, 0.3) is 0 Å². The van der Waals surface area contributed by atoms with Gasteiger partial charge in [-0.25, -0.2) is 4.79 Å². The van der Waals surface area contributed by atoms with Gasteiger partial charge in [0.1, 0.15) is 13.2 Å². The van der Waals surface area contributed by atoms with Crippen LogP contribution in [0.5, 0.6) is 0 Å². The highest BCUT2D eigenvalue weighted by Gasteiger charge is 2.27. The molecule has 17 heavy (non-hydrogen) atoms. The van der Waals surface area contributed by atoms with Crippen molar-refractivity contribution in [3.8, 4) is 0 Å². The Morgan fingerprint density at radius 3 is 2.47 bits per heavy atom. The number of carbonyl (C=O) groups excluding carboxylic acids is 2. The molecule has 0 N–H and O–H groups in total. The van der Waals surface area contributed by atoms with E-state index in [9.17, 15) is 9.59 Å². The largest absolute Gasteiger partial charge is 0.448 e. The van der Waals surface area contributed by atoms with E-state index in [-0.39, 0.29) is 18.5 Å². The van der Waals surface area contributed by atoms with Crippen LogP contribution in [0.3, 0.4) is 0 Å². The van der Waals surface area contributed by atoms with E-state index in [4.69, 9.17) is 4.74 Å². The predicted octanol–water partition coefficient (Wildman–Crippen LogP) is -0.397. The molecule has 2 aliphatic heterocycles. The highest BCUT2D eigenvalue weighted by molar-refractivity contribution is 5.83. The molecule has 0 saturated carbocycles. The summed E-state index contributed by atoms with van der Waals surface area (Å²) < 4.78 is 4.80. The second kappa shape index (κ2) is 5.35. The first-order valence-electron chi connectivity index (χ1n) is 6.12. The Labute approximate surface area is 101 Å². The van der Waals surface area contributed by atoms with Crippen LogP contribution < -0.4 is 0 Å². The predicted molar refractivity (Wildman–Crippen MR) is 61.6 cm³/mol. The lowest BCUT2D eigenvalue weighted by Crippen LogP contribution is -2.51. The second-order valence-electron chi connectivity index (χ2n) is 4.35. The summed E-state index contributed by atoms with van der Waals surface area (Å²) in [6, 6.07) is 0. The monoisotopic (exact) mass is 241 g/mol. The fourth-order valence-electron chi connectivity index (χ4n) is 2.15. The van der Waals surface area contributed by atoms with Gasteiger partial charge in [0.25, 0.3) is 0 Å². The van der Waals surface area contributed by atoms with Crippen molar-refractivity contribution < 1.29 is 14.3 Å². The van der Waals surface area contributed by atoms with Crippen molar-refractivity contribution in [2.75, 3.05) is 52.4 Å². The van der Waals surface area contributed by atoms with Crippen LogP contribution in [0.15, 0.2) is 0 Å². The lowest BCUT2D eigenvalue weighted by molar-refractivity contribution is -0.133. The minimum atomic E-state index is -0.370. The van der Waals surface area contributed by atoms with E-state index in [0.717, 1.165) is 32.7 Å².